The summed E-state index contributed by atoms with van der Waals surface area (Å²) in [7, 11) is 3.49. The molecule has 2 aromatic rings. The quantitative estimate of drug-likeness (QED) is 0.489. The number of aryl methyl sites for hydroxylation is 1. The maximum absolute atomic E-state index is 6.15. The van der Waals surface area contributed by atoms with Crippen LogP contribution in [0.15, 0.2) is 47.5 Å². The lowest BCUT2D eigenvalue weighted by molar-refractivity contribution is 0.166. The third kappa shape index (κ3) is 6.47. The monoisotopic (exact) mass is 411 g/mol. The highest BCUT2D eigenvalue weighted by atomic mass is 16.5. The Balaban J connectivity index is 1.56. The average molecular weight is 412 g/mol. The first-order chi connectivity index (χ1) is 14.7. The van der Waals surface area contributed by atoms with E-state index < -0.39 is 0 Å². The van der Waals surface area contributed by atoms with E-state index in [2.05, 4.69) is 52.9 Å². The molecule has 0 aliphatic carbocycles. The van der Waals surface area contributed by atoms with Gasteiger partial charge in [0.1, 0.15) is 5.75 Å². The Morgan fingerprint density at radius 1 is 1.10 bits per heavy atom. The molecule has 0 spiro atoms. The Morgan fingerprint density at radius 2 is 1.87 bits per heavy atom. The number of aliphatic imine (C=N–C) groups is 1. The third-order valence-corrected chi connectivity index (χ3v) is 5.26. The van der Waals surface area contributed by atoms with Crippen LogP contribution in [0.25, 0.3) is 0 Å². The average Bonchev–Trinajstić information content (AvgIpc) is 3.28. The predicted octanol–water partition coefficient (Wildman–Crippen LogP) is 3.42. The zero-order valence-corrected chi connectivity index (χ0v) is 18.2. The van der Waals surface area contributed by atoms with Crippen molar-refractivity contribution in [3.05, 3.63) is 64.7 Å². The van der Waals surface area contributed by atoms with Crippen LogP contribution in [0.4, 0.5) is 0 Å². The van der Waals surface area contributed by atoms with Gasteiger partial charge in [0.05, 0.1) is 19.8 Å². The Labute approximate surface area is 179 Å². The molecule has 162 valence electrons. The first-order valence-electron chi connectivity index (χ1n) is 10.5. The molecule has 6 heteroatoms. The van der Waals surface area contributed by atoms with Gasteiger partial charge >= 0.3 is 0 Å². The number of hydrogen-bond acceptors (Lipinski definition) is 4. The van der Waals surface area contributed by atoms with E-state index in [4.69, 9.17) is 14.2 Å². The summed E-state index contributed by atoms with van der Waals surface area (Å²) in [6, 6.07) is 14.6. The van der Waals surface area contributed by atoms with Gasteiger partial charge in [-0.25, -0.2) is 0 Å². The summed E-state index contributed by atoms with van der Waals surface area (Å²) in [6.45, 7) is 6.32. The van der Waals surface area contributed by atoms with E-state index in [1.54, 1.807) is 14.2 Å². The Kier molecular flexibility index (Phi) is 8.53. The van der Waals surface area contributed by atoms with Crippen LogP contribution in [0.5, 0.6) is 5.75 Å². The number of methoxy groups -OCH3 is 1. The Bertz CT molecular complexity index is 832. The molecule has 0 radical (unpaired) electrons. The van der Waals surface area contributed by atoms with Gasteiger partial charge in [-0.15, -0.1) is 0 Å². The molecule has 0 bridgehead atoms. The highest BCUT2D eigenvalue weighted by molar-refractivity contribution is 5.79. The Hall–Kier alpha value is -2.57. The lowest BCUT2D eigenvalue weighted by Crippen LogP contribution is -2.36. The molecule has 1 fully saturated rings. The number of guanidine groups is 1. The highest BCUT2D eigenvalue weighted by Gasteiger charge is 2.17. The predicted molar refractivity (Wildman–Crippen MR) is 120 cm³/mol. The fourth-order valence-electron chi connectivity index (χ4n) is 3.47. The molecule has 2 N–H and O–H groups in total. The zero-order valence-electron chi connectivity index (χ0n) is 18.2. The van der Waals surface area contributed by atoms with E-state index in [-0.39, 0.29) is 0 Å². The minimum absolute atomic E-state index is 0.480. The lowest BCUT2D eigenvalue weighted by atomic mass is 10.1. The van der Waals surface area contributed by atoms with Gasteiger partial charge in [0.15, 0.2) is 5.96 Å². The second-order valence-electron chi connectivity index (χ2n) is 7.63. The number of nitrogens with zero attached hydrogens (tertiary/aromatic N) is 1. The number of ether oxygens (including phenoxy) is 3. The van der Waals surface area contributed by atoms with Crippen LogP contribution in [0.1, 0.15) is 28.7 Å². The zero-order chi connectivity index (χ0) is 21.2. The van der Waals surface area contributed by atoms with E-state index >= 15 is 0 Å². The van der Waals surface area contributed by atoms with Crippen LogP contribution in [-0.2, 0) is 29.2 Å². The van der Waals surface area contributed by atoms with Gasteiger partial charge in [-0.1, -0.05) is 36.4 Å². The summed E-state index contributed by atoms with van der Waals surface area (Å²) < 4.78 is 16.9. The first kappa shape index (κ1) is 22.1. The van der Waals surface area contributed by atoms with Crippen molar-refractivity contribution in [2.75, 3.05) is 34.0 Å². The van der Waals surface area contributed by atoms with Crippen molar-refractivity contribution >= 4 is 5.96 Å². The molecular weight excluding hydrogens is 378 g/mol. The molecule has 1 atom stereocenters. The van der Waals surface area contributed by atoms with Crippen LogP contribution in [-0.4, -0.2) is 39.9 Å². The Morgan fingerprint density at radius 3 is 2.57 bits per heavy atom. The van der Waals surface area contributed by atoms with Crippen molar-refractivity contribution in [3.8, 4) is 5.75 Å². The van der Waals surface area contributed by atoms with Gasteiger partial charge in [0.25, 0.3) is 0 Å². The number of hydrogen-bond donors (Lipinski definition) is 2. The molecule has 30 heavy (non-hydrogen) atoms. The minimum Gasteiger partial charge on any atom is -0.493 e. The van der Waals surface area contributed by atoms with Crippen molar-refractivity contribution in [2.24, 2.45) is 10.9 Å². The molecule has 1 aliphatic rings. The van der Waals surface area contributed by atoms with E-state index in [0.717, 1.165) is 36.9 Å². The maximum atomic E-state index is 6.15. The fourth-order valence-corrected chi connectivity index (χ4v) is 3.47. The summed E-state index contributed by atoms with van der Waals surface area (Å²) >= 11 is 0. The van der Waals surface area contributed by atoms with Crippen LogP contribution in [0.2, 0.25) is 0 Å². The first-order valence-corrected chi connectivity index (χ1v) is 10.5. The minimum atomic E-state index is 0.480. The fraction of sp³-hybridized carbons (Fsp3) is 0.458. The smallest absolute Gasteiger partial charge is 0.191 e. The third-order valence-electron chi connectivity index (χ3n) is 5.26. The van der Waals surface area contributed by atoms with Crippen LogP contribution in [0, 0.1) is 12.8 Å². The number of rotatable bonds is 9. The van der Waals surface area contributed by atoms with Crippen molar-refractivity contribution in [1.29, 1.82) is 0 Å². The highest BCUT2D eigenvalue weighted by Crippen LogP contribution is 2.22. The van der Waals surface area contributed by atoms with Crippen molar-refractivity contribution in [1.82, 2.24) is 10.6 Å². The molecule has 3 rings (SSSR count). The van der Waals surface area contributed by atoms with E-state index in [1.165, 1.54) is 16.7 Å². The lowest BCUT2D eigenvalue weighted by Gasteiger charge is -2.17. The van der Waals surface area contributed by atoms with Gasteiger partial charge in [-0.3, -0.25) is 4.99 Å². The van der Waals surface area contributed by atoms with Gasteiger partial charge < -0.3 is 24.8 Å². The van der Waals surface area contributed by atoms with E-state index in [9.17, 15) is 0 Å². The van der Waals surface area contributed by atoms with E-state index in [1.807, 2.05) is 12.1 Å². The standard InChI is InChI=1S/C24H33N3O3/c1-18-8-9-21(23(12-18)30-16-19-10-11-29-15-19)14-27-24(25-2)26-13-20-6-4-5-7-22(20)17-28-3/h4-9,12,19H,10-11,13-17H2,1-3H3,(H2,25,26,27). The SMILES string of the molecule is CN=C(NCc1ccccc1COC)NCc1ccc(C)cc1OCC1CCOC1. The van der Waals surface area contributed by atoms with Gasteiger partial charge in [-0.2, -0.15) is 0 Å². The maximum Gasteiger partial charge on any atom is 0.191 e. The molecular formula is C24H33N3O3. The van der Waals surface area contributed by atoms with Gasteiger partial charge in [-0.05, 0) is 36.1 Å². The van der Waals surface area contributed by atoms with Crippen LogP contribution < -0.4 is 15.4 Å². The largest absolute Gasteiger partial charge is 0.493 e. The summed E-state index contributed by atoms with van der Waals surface area (Å²) in [4.78, 5) is 4.36. The molecule has 6 nitrogen and oxygen atoms in total. The molecule has 0 aromatic heterocycles. The topological polar surface area (TPSA) is 64.1 Å². The second kappa shape index (κ2) is 11.6. The summed E-state index contributed by atoms with van der Waals surface area (Å²) in [5.41, 5.74) is 4.67. The molecule has 1 aliphatic heterocycles. The van der Waals surface area contributed by atoms with Gasteiger partial charge in [0, 0.05) is 45.3 Å². The summed E-state index contributed by atoms with van der Waals surface area (Å²) in [6.07, 6.45) is 1.07. The molecule has 1 heterocycles. The molecule has 0 amide bonds. The van der Waals surface area contributed by atoms with Crippen molar-refractivity contribution in [3.63, 3.8) is 0 Å². The number of nitrogens with one attached hydrogen (secondary N) is 2. The molecule has 1 saturated heterocycles. The molecule has 2 aromatic carbocycles. The van der Waals surface area contributed by atoms with Crippen LogP contribution >= 0.6 is 0 Å². The summed E-state index contributed by atoms with van der Waals surface area (Å²) in [5, 5.41) is 6.79. The number of benzene rings is 2. The summed E-state index contributed by atoms with van der Waals surface area (Å²) in [5.74, 6) is 2.15. The normalized spacial score (nSPS) is 16.5. The van der Waals surface area contributed by atoms with Gasteiger partial charge in [0.2, 0.25) is 0 Å². The van der Waals surface area contributed by atoms with Crippen molar-refractivity contribution < 1.29 is 14.2 Å². The van der Waals surface area contributed by atoms with Crippen LogP contribution in [0.3, 0.4) is 0 Å². The van der Waals surface area contributed by atoms with Crippen molar-refractivity contribution in [2.45, 2.75) is 33.0 Å². The molecule has 0 saturated carbocycles. The second-order valence-corrected chi connectivity index (χ2v) is 7.63. The molecule has 1 unspecified atom stereocenters. The van der Waals surface area contributed by atoms with E-state index in [0.29, 0.717) is 32.2 Å².